The number of nitrogens with zero attached hydrogens (tertiary/aromatic N) is 5. The molecule has 0 saturated carbocycles. The lowest BCUT2D eigenvalue weighted by molar-refractivity contribution is 0.0787. The van der Waals surface area contributed by atoms with Crippen LogP contribution < -0.4 is 5.43 Å². The molecule has 3 aromatic rings. The molecule has 0 radical (unpaired) electrons. The minimum absolute atomic E-state index is 0.184. The van der Waals surface area contributed by atoms with Gasteiger partial charge in [0.1, 0.15) is 5.82 Å². The number of hydrazone groups is 1. The average molecular weight is 514 g/mol. The molecule has 1 aliphatic rings. The SMILES string of the molecule is CCC(C)N1CCN(S(=O)(=O)C(=N)/C=N\NC)CC1c1cc2cnn(-c3ccc(F)cc3)c2cc1C. The Balaban J connectivity index is 1.73. The molecule has 0 amide bonds. The van der Waals surface area contributed by atoms with Crippen molar-refractivity contribution in [3.63, 3.8) is 0 Å². The van der Waals surface area contributed by atoms with Crippen molar-refractivity contribution in [2.45, 2.75) is 39.3 Å². The number of hydrogen-bond donors (Lipinski definition) is 2. The molecule has 0 bridgehead atoms. The Morgan fingerprint density at radius 1 is 1.31 bits per heavy atom. The zero-order valence-corrected chi connectivity index (χ0v) is 21.8. The van der Waals surface area contributed by atoms with Gasteiger partial charge >= 0.3 is 0 Å². The van der Waals surface area contributed by atoms with E-state index in [0.717, 1.165) is 40.4 Å². The van der Waals surface area contributed by atoms with Crippen LogP contribution in [0, 0.1) is 18.2 Å². The van der Waals surface area contributed by atoms with Crippen molar-refractivity contribution >= 4 is 32.2 Å². The van der Waals surface area contributed by atoms with Crippen molar-refractivity contribution in [2.24, 2.45) is 5.10 Å². The van der Waals surface area contributed by atoms with Crippen molar-refractivity contribution < 1.29 is 12.8 Å². The fourth-order valence-corrected chi connectivity index (χ4v) is 5.82. The van der Waals surface area contributed by atoms with E-state index in [1.165, 1.54) is 16.4 Å². The summed E-state index contributed by atoms with van der Waals surface area (Å²) in [5, 5.41) is 16.7. The highest BCUT2D eigenvalue weighted by Gasteiger charge is 2.38. The molecular weight excluding hydrogens is 481 g/mol. The Hall–Kier alpha value is -3.15. The van der Waals surface area contributed by atoms with Crippen LogP contribution >= 0.6 is 0 Å². The van der Waals surface area contributed by atoms with Gasteiger partial charge in [-0.15, -0.1) is 0 Å². The maximum absolute atomic E-state index is 13.4. The molecule has 1 aliphatic heterocycles. The van der Waals surface area contributed by atoms with E-state index >= 15 is 0 Å². The van der Waals surface area contributed by atoms with Crippen LogP contribution in [0.4, 0.5) is 4.39 Å². The third-order valence-electron chi connectivity index (χ3n) is 6.86. The Morgan fingerprint density at radius 2 is 2.03 bits per heavy atom. The molecule has 0 aliphatic carbocycles. The molecule has 2 unspecified atom stereocenters. The van der Waals surface area contributed by atoms with E-state index in [0.29, 0.717) is 13.1 Å². The maximum Gasteiger partial charge on any atom is 0.261 e. The van der Waals surface area contributed by atoms with E-state index in [2.05, 4.69) is 40.4 Å². The average Bonchev–Trinajstić information content (AvgIpc) is 3.28. The van der Waals surface area contributed by atoms with Crippen LogP contribution in [-0.2, 0) is 10.0 Å². The van der Waals surface area contributed by atoms with Gasteiger partial charge in [-0.3, -0.25) is 10.3 Å². The Morgan fingerprint density at radius 3 is 2.69 bits per heavy atom. The highest BCUT2D eigenvalue weighted by molar-refractivity contribution is 8.06. The molecule has 2 heterocycles. The van der Waals surface area contributed by atoms with Crippen LogP contribution in [0.25, 0.3) is 16.6 Å². The summed E-state index contributed by atoms with van der Waals surface area (Å²) in [6.45, 7) is 7.39. The Bertz CT molecular complexity index is 1390. The summed E-state index contributed by atoms with van der Waals surface area (Å²) in [6.07, 6.45) is 3.72. The minimum atomic E-state index is -3.97. The van der Waals surface area contributed by atoms with Crippen molar-refractivity contribution in [2.75, 3.05) is 26.7 Å². The molecular formula is C25H32FN7O2S. The number of rotatable bonds is 7. The van der Waals surface area contributed by atoms with Crippen LogP contribution in [-0.4, -0.2) is 71.4 Å². The molecule has 1 saturated heterocycles. The Kier molecular flexibility index (Phi) is 7.53. The molecule has 2 aromatic carbocycles. The third kappa shape index (κ3) is 4.91. The number of aromatic nitrogens is 2. The maximum atomic E-state index is 13.4. The largest absolute Gasteiger partial charge is 0.313 e. The van der Waals surface area contributed by atoms with E-state index in [1.54, 1.807) is 30.1 Å². The lowest BCUT2D eigenvalue weighted by Gasteiger charge is -2.44. The van der Waals surface area contributed by atoms with Crippen LogP contribution in [0.15, 0.2) is 47.7 Å². The molecule has 9 nitrogen and oxygen atoms in total. The molecule has 11 heteroatoms. The fourth-order valence-electron chi connectivity index (χ4n) is 4.70. The van der Waals surface area contributed by atoms with Crippen molar-refractivity contribution in [1.82, 2.24) is 24.4 Å². The zero-order valence-electron chi connectivity index (χ0n) is 20.9. The first-order valence-electron chi connectivity index (χ1n) is 12.0. The van der Waals surface area contributed by atoms with Gasteiger partial charge < -0.3 is 5.43 Å². The standard InChI is InChI=1S/C25H32FN7O2S/c1-5-18(3)32-11-10-31(36(34,35)25(27)15-29-28-4)16-24(32)22-13-19-14-30-33(23(19)12-17(22)2)21-8-6-20(26)7-9-21/h6-9,12-15,18,24,27-28H,5,10-11,16H2,1-4H3/b27-25?,29-15-. The van der Waals surface area contributed by atoms with Crippen molar-refractivity contribution in [3.8, 4) is 5.69 Å². The Labute approximate surface area is 211 Å². The van der Waals surface area contributed by atoms with E-state index in [-0.39, 0.29) is 24.4 Å². The zero-order chi connectivity index (χ0) is 26.0. The summed E-state index contributed by atoms with van der Waals surface area (Å²) in [6, 6.07) is 10.4. The number of benzene rings is 2. The molecule has 4 rings (SSSR count). The number of aryl methyl sites for hydroxylation is 1. The second-order valence-electron chi connectivity index (χ2n) is 9.02. The molecule has 1 aromatic heterocycles. The van der Waals surface area contributed by atoms with Gasteiger partial charge in [-0.05, 0) is 67.8 Å². The van der Waals surface area contributed by atoms with Crippen LogP contribution in [0.5, 0.6) is 0 Å². The fraction of sp³-hybridized carbons (Fsp3) is 0.400. The number of halogens is 1. The summed E-state index contributed by atoms with van der Waals surface area (Å²) in [5.41, 5.74) is 6.18. The summed E-state index contributed by atoms with van der Waals surface area (Å²) in [4.78, 5) is 2.34. The van der Waals surface area contributed by atoms with Gasteiger partial charge in [0.05, 0.1) is 23.6 Å². The van der Waals surface area contributed by atoms with Gasteiger partial charge in [0.25, 0.3) is 10.0 Å². The smallest absolute Gasteiger partial charge is 0.261 e. The number of hydrogen-bond acceptors (Lipinski definition) is 7. The first-order valence-corrected chi connectivity index (χ1v) is 13.4. The second-order valence-corrected chi connectivity index (χ2v) is 10.9. The number of nitrogens with one attached hydrogen (secondary N) is 2. The molecule has 0 spiro atoms. The summed E-state index contributed by atoms with van der Waals surface area (Å²) >= 11 is 0. The van der Waals surface area contributed by atoms with Gasteiger partial charge in [0.15, 0.2) is 5.04 Å². The molecule has 36 heavy (non-hydrogen) atoms. The third-order valence-corrected chi connectivity index (χ3v) is 8.53. The second kappa shape index (κ2) is 10.5. The quantitative estimate of drug-likeness (QED) is 0.286. The lowest BCUT2D eigenvalue weighted by atomic mass is 9.95. The van der Waals surface area contributed by atoms with Gasteiger partial charge in [-0.2, -0.15) is 14.5 Å². The van der Waals surface area contributed by atoms with E-state index in [9.17, 15) is 12.8 Å². The minimum Gasteiger partial charge on any atom is -0.313 e. The predicted molar refractivity (Wildman–Crippen MR) is 141 cm³/mol. The van der Waals surface area contributed by atoms with Gasteiger partial charge in [0, 0.05) is 44.2 Å². The predicted octanol–water partition coefficient (Wildman–Crippen LogP) is 3.44. The summed E-state index contributed by atoms with van der Waals surface area (Å²) < 4.78 is 42.8. The summed E-state index contributed by atoms with van der Waals surface area (Å²) in [5.74, 6) is -0.305. The van der Waals surface area contributed by atoms with Crippen LogP contribution in [0.3, 0.4) is 0 Å². The first kappa shape index (κ1) is 25.9. The van der Waals surface area contributed by atoms with Crippen molar-refractivity contribution in [3.05, 3.63) is 59.5 Å². The molecule has 192 valence electrons. The molecule has 1 fully saturated rings. The van der Waals surface area contributed by atoms with Gasteiger partial charge in [-0.25, -0.2) is 17.5 Å². The lowest BCUT2D eigenvalue weighted by Crippen LogP contribution is -2.54. The van der Waals surface area contributed by atoms with E-state index in [1.807, 2.05) is 13.0 Å². The van der Waals surface area contributed by atoms with E-state index < -0.39 is 15.1 Å². The first-order chi connectivity index (χ1) is 17.2. The molecule has 2 N–H and O–H groups in total. The highest BCUT2D eigenvalue weighted by Crippen LogP contribution is 2.34. The van der Waals surface area contributed by atoms with Gasteiger partial charge in [-0.1, -0.05) is 6.92 Å². The number of fused-ring (bicyclic) bond motifs is 1. The van der Waals surface area contributed by atoms with Gasteiger partial charge in [0.2, 0.25) is 0 Å². The normalized spacial score (nSPS) is 18.6. The van der Waals surface area contributed by atoms with E-state index in [4.69, 9.17) is 5.41 Å². The molecule has 2 atom stereocenters. The number of sulfonamides is 1. The number of piperazine rings is 1. The topological polar surface area (TPSA) is 107 Å². The van der Waals surface area contributed by atoms with Crippen LogP contribution in [0.1, 0.15) is 37.4 Å². The van der Waals surface area contributed by atoms with Crippen LogP contribution in [0.2, 0.25) is 0 Å². The highest BCUT2D eigenvalue weighted by atomic mass is 32.2. The monoisotopic (exact) mass is 513 g/mol. The van der Waals surface area contributed by atoms with Crippen molar-refractivity contribution in [1.29, 1.82) is 5.41 Å². The summed E-state index contributed by atoms with van der Waals surface area (Å²) in [7, 11) is -2.42.